The Bertz CT molecular complexity index is 226. The van der Waals surface area contributed by atoms with Crippen molar-refractivity contribution < 1.29 is 14.7 Å². The number of nitrogens with one attached hydrogen (secondary N) is 1. The molecule has 11 heavy (non-hydrogen) atoms. The fourth-order valence-electron chi connectivity index (χ4n) is 2.03. The number of piperidine rings is 1. The van der Waals surface area contributed by atoms with Gasteiger partial charge in [-0.15, -0.1) is 0 Å². The third-order valence-corrected chi connectivity index (χ3v) is 2.56. The Morgan fingerprint density at radius 2 is 2.27 bits per heavy atom. The average molecular weight is 155 g/mol. The summed E-state index contributed by atoms with van der Waals surface area (Å²) in [5.74, 6) is -1.58. The summed E-state index contributed by atoms with van der Waals surface area (Å²) in [4.78, 5) is 21.5. The number of carbonyl (C=O) groups excluding carboxylic acids is 1. The lowest BCUT2D eigenvalue weighted by molar-refractivity contribution is -0.146. The minimum absolute atomic E-state index is 0.0753. The van der Waals surface area contributed by atoms with Crippen molar-refractivity contribution >= 4 is 11.9 Å². The van der Waals surface area contributed by atoms with E-state index < -0.39 is 11.9 Å². The quantitative estimate of drug-likeness (QED) is 0.541. The van der Waals surface area contributed by atoms with Gasteiger partial charge >= 0.3 is 5.97 Å². The van der Waals surface area contributed by atoms with Gasteiger partial charge in [-0.05, 0) is 12.8 Å². The summed E-state index contributed by atoms with van der Waals surface area (Å²) in [7, 11) is 0. The van der Waals surface area contributed by atoms with Crippen molar-refractivity contribution in [3.8, 4) is 0 Å². The predicted molar refractivity (Wildman–Crippen MR) is 35.8 cm³/mol. The van der Waals surface area contributed by atoms with Crippen LogP contribution in [0.15, 0.2) is 0 Å². The molecule has 2 bridgehead atoms. The third-order valence-electron chi connectivity index (χ3n) is 2.56. The van der Waals surface area contributed by atoms with Crippen LogP contribution in [0.2, 0.25) is 0 Å². The Balaban J connectivity index is 2.18. The number of amides is 1. The van der Waals surface area contributed by atoms with E-state index in [1.165, 1.54) is 0 Å². The second-order valence-corrected chi connectivity index (χ2v) is 3.23. The number of fused-ring (bicyclic) bond motifs is 2. The zero-order chi connectivity index (χ0) is 8.01. The molecule has 3 atom stereocenters. The molecule has 1 aliphatic carbocycles. The molecule has 0 aromatic rings. The van der Waals surface area contributed by atoms with Crippen LogP contribution >= 0.6 is 0 Å². The fourth-order valence-corrected chi connectivity index (χ4v) is 2.03. The van der Waals surface area contributed by atoms with Crippen LogP contribution in [0.1, 0.15) is 12.8 Å². The second-order valence-electron chi connectivity index (χ2n) is 3.23. The van der Waals surface area contributed by atoms with Gasteiger partial charge in [0.05, 0.1) is 11.8 Å². The summed E-state index contributed by atoms with van der Waals surface area (Å²) < 4.78 is 0. The van der Waals surface area contributed by atoms with E-state index in [-0.39, 0.29) is 17.9 Å². The molecule has 2 fully saturated rings. The lowest BCUT2D eigenvalue weighted by Crippen LogP contribution is -2.38. The molecule has 2 rings (SSSR count). The van der Waals surface area contributed by atoms with Gasteiger partial charge in [0.1, 0.15) is 0 Å². The Morgan fingerprint density at radius 3 is 2.64 bits per heavy atom. The van der Waals surface area contributed by atoms with Crippen LogP contribution in [0.5, 0.6) is 0 Å². The smallest absolute Gasteiger partial charge is 0.307 e. The standard InChI is InChI=1S/C7H9NO3/c9-6-4-1-3(8-6)2-5(4)7(10)11/h3-5H,1-2H2,(H,8,9)(H,10,11). The van der Waals surface area contributed by atoms with Gasteiger partial charge in [-0.25, -0.2) is 0 Å². The van der Waals surface area contributed by atoms with E-state index in [4.69, 9.17) is 5.11 Å². The molecule has 2 N–H and O–H groups in total. The maximum atomic E-state index is 11.0. The Kier molecular flexibility index (Phi) is 1.19. The van der Waals surface area contributed by atoms with Crippen molar-refractivity contribution in [2.75, 3.05) is 0 Å². The van der Waals surface area contributed by atoms with Crippen molar-refractivity contribution in [1.82, 2.24) is 5.32 Å². The molecular weight excluding hydrogens is 146 g/mol. The highest BCUT2D eigenvalue weighted by atomic mass is 16.4. The number of carboxylic acids is 1. The molecule has 0 spiro atoms. The summed E-state index contributed by atoms with van der Waals surface area (Å²) in [6, 6.07) is 0.133. The van der Waals surface area contributed by atoms with Crippen LogP contribution in [0.4, 0.5) is 0 Å². The molecule has 0 aromatic carbocycles. The molecule has 4 heteroatoms. The molecule has 0 aromatic heterocycles. The first kappa shape index (κ1) is 6.64. The zero-order valence-electron chi connectivity index (χ0n) is 5.91. The molecule has 1 aliphatic heterocycles. The first-order valence-corrected chi connectivity index (χ1v) is 3.71. The maximum absolute atomic E-state index is 11.0. The summed E-state index contributed by atoms with van der Waals surface area (Å²) in [6.45, 7) is 0. The van der Waals surface area contributed by atoms with Crippen molar-refractivity contribution in [1.29, 1.82) is 0 Å². The molecule has 1 heterocycles. The molecule has 1 saturated carbocycles. The van der Waals surface area contributed by atoms with Crippen molar-refractivity contribution in [2.24, 2.45) is 11.8 Å². The first-order chi connectivity index (χ1) is 5.18. The van der Waals surface area contributed by atoms with Crippen LogP contribution in [-0.4, -0.2) is 23.0 Å². The van der Waals surface area contributed by atoms with Crippen LogP contribution in [0.3, 0.4) is 0 Å². The molecule has 2 aliphatic rings. The largest absolute Gasteiger partial charge is 0.481 e. The average Bonchev–Trinajstić information content (AvgIpc) is 2.43. The molecule has 1 saturated heterocycles. The van der Waals surface area contributed by atoms with E-state index in [0.717, 1.165) is 6.42 Å². The minimum Gasteiger partial charge on any atom is -0.481 e. The minimum atomic E-state index is -0.827. The van der Waals surface area contributed by atoms with Crippen molar-refractivity contribution in [3.63, 3.8) is 0 Å². The van der Waals surface area contributed by atoms with Gasteiger partial charge in [-0.2, -0.15) is 0 Å². The van der Waals surface area contributed by atoms with Gasteiger partial charge in [-0.1, -0.05) is 0 Å². The van der Waals surface area contributed by atoms with E-state index in [0.29, 0.717) is 6.42 Å². The molecule has 0 radical (unpaired) electrons. The molecule has 1 amide bonds. The molecule has 60 valence electrons. The Labute approximate surface area is 63.6 Å². The first-order valence-electron chi connectivity index (χ1n) is 3.71. The van der Waals surface area contributed by atoms with Crippen LogP contribution < -0.4 is 5.32 Å². The van der Waals surface area contributed by atoms with E-state index in [1.54, 1.807) is 0 Å². The van der Waals surface area contributed by atoms with E-state index in [9.17, 15) is 9.59 Å². The van der Waals surface area contributed by atoms with Crippen LogP contribution in [0.25, 0.3) is 0 Å². The summed E-state index contributed by atoms with van der Waals surface area (Å²) in [5, 5.41) is 11.4. The van der Waals surface area contributed by atoms with Gasteiger partial charge in [-0.3, -0.25) is 9.59 Å². The normalized spacial score (nSPS) is 40.7. The number of carbonyl (C=O) groups is 2. The molecular formula is C7H9NO3. The van der Waals surface area contributed by atoms with E-state index >= 15 is 0 Å². The second kappa shape index (κ2) is 1.96. The summed E-state index contributed by atoms with van der Waals surface area (Å²) in [6.07, 6.45) is 1.33. The Morgan fingerprint density at radius 1 is 1.55 bits per heavy atom. The molecule has 4 nitrogen and oxygen atoms in total. The topological polar surface area (TPSA) is 66.4 Å². The SMILES string of the molecule is O=C(O)C1CC2CC1C(=O)N2. The van der Waals surface area contributed by atoms with Crippen molar-refractivity contribution in [2.45, 2.75) is 18.9 Å². The number of hydrogen-bond donors (Lipinski definition) is 2. The number of aliphatic carboxylic acids is 1. The third kappa shape index (κ3) is 0.818. The van der Waals surface area contributed by atoms with Crippen LogP contribution in [0, 0.1) is 11.8 Å². The number of carboxylic acid groups (broad SMARTS) is 1. The summed E-state index contributed by atoms with van der Waals surface area (Å²) in [5.41, 5.74) is 0. The van der Waals surface area contributed by atoms with E-state index in [2.05, 4.69) is 5.32 Å². The number of hydrogen-bond acceptors (Lipinski definition) is 2. The number of rotatable bonds is 1. The maximum Gasteiger partial charge on any atom is 0.307 e. The van der Waals surface area contributed by atoms with Crippen molar-refractivity contribution in [3.05, 3.63) is 0 Å². The van der Waals surface area contributed by atoms with Gasteiger partial charge in [0, 0.05) is 6.04 Å². The monoisotopic (exact) mass is 155 g/mol. The highest BCUT2D eigenvalue weighted by molar-refractivity contribution is 5.88. The van der Waals surface area contributed by atoms with Gasteiger partial charge in [0.2, 0.25) is 5.91 Å². The highest BCUT2D eigenvalue weighted by Gasteiger charge is 2.48. The fraction of sp³-hybridized carbons (Fsp3) is 0.714. The van der Waals surface area contributed by atoms with Crippen LogP contribution in [-0.2, 0) is 9.59 Å². The highest BCUT2D eigenvalue weighted by Crippen LogP contribution is 2.37. The van der Waals surface area contributed by atoms with Gasteiger partial charge in [0.25, 0.3) is 0 Å². The van der Waals surface area contributed by atoms with Gasteiger partial charge < -0.3 is 10.4 Å². The Hall–Kier alpha value is -1.06. The summed E-state index contributed by atoms with van der Waals surface area (Å²) >= 11 is 0. The lowest BCUT2D eigenvalue weighted by Gasteiger charge is -2.16. The predicted octanol–water partition coefficient (Wildman–Crippen LogP) is -0.404. The van der Waals surface area contributed by atoms with Gasteiger partial charge in [0.15, 0.2) is 0 Å². The zero-order valence-corrected chi connectivity index (χ0v) is 5.91. The lowest BCUT2D eigenvalue weighted by atomic mass is 9.95. The van der Waals surface area contributed by atoms with E-state index in [1.807, 2.05) is 0 Å². The molecule has 3 unspecified atom stereocenters.